The van der Waals surface area contributed by atoms with Crippen LogP contribution in [0.25, 0.3) is 0 Å². The van der Waals surface area contributed by atoms with Crippen LogP contribution in [0.1, 0.15) is 6.42 Å². The van der Waals surface area contributed by atoms with Crippen LogP contribution in [0.4, 0.5) is 5.69 Å². The topological polar surface area (TPSA) is 34.0 Å². The number of anilines is 1. The van der Waals surface area contributed by atoms with Crippen molar-refractivity contribution in [3.63, 3.8) is 0 Å². The van der Waals surface area contributed by atoms with Crippen molar-refractivity contribution in [2.75, 3.05) is 11.9 Å². The van der Waals surface area contributed by atoms with Gasteiger partial charge in [0.2, 0.25) is 5.56 Å². The highest BCUT2D eigenvalue weighted by atomic mass is 16.1. The van der Waals surface area contributed by atoms with E-state index in [9.17, 15) is 4.79 Å². The number of hydrogen-bond acceptors (Lipinski definition) is 2. The molecule has 0 atom stereocenters. The zero-order valence-corrected chi connectivity index (χ0v) is 9.67. The minimum absolute atomic E-state index is 0.0622. The molecule has 0 unspecified atom stereocenters. The van der Waals surface area contributed by atoms with Gasteiger partial charge in [0.15, 0.2) is 0 Å². The lowest BCUT2D eigenvalue weighted by Crippen LogP contribution is -2.19. The van der Waals surface area contributed by atoms with Gasteiger partial charge in [-0.2, -0.15) is 0 Å². The van der Waals surface area contributed by atoms with E-state index in [-0.39, 0.29) is 5.56 Å². The Morgan fingerprint density at radius 2 is 1.76 bits per heavy atom. The third kappa shape index (κ3) is 3.48. The number of para-hydroxylation sites is 1. The van der Waals surface area contributed by atoms with Gasteiger partial charge in [0.1, 0.15) is 0 Å². The average molecular weight is 228 g/mol. The molecule has 0 aliphatic rings. The van der Waals surface area contributed by atoms with Crippen molar-refractivity contribution < 1.29 is 0 Å². The van der Waals surface area contributed by atoms with E-state index < -0.39 is 0 Å². The maximum absolute atomic E-state index is 11.4. The molecule has 2 rings (SSSR count). The monoisotopic (exact) mass is 228 g/mol. The van der Waals surface area contributed by atoms with Gasteiger partial charge >= 0.3 is 0 Å². The van der Waals surface area contributed by atoms with Crippen molar-refractivity contribution in [2.24, 2.45) is 0 Å². The first-order chi connectivity index (χ1) is 8.36. The summed E-state index contributed by atoms with van der Waals surface area (Å²) >= 11 is 0. The Kier molecular flexibility index (Phi) is 3.97. The maximum Gasteiger partial charge on any atom is 0.250 e. The SMILES string of the molecule is O=c1ccccn1CCCNc1ccccc1. The molecule has 3 nitrogen and oxygen atoms in total. The molecule has 0 amide bonds. The molecule has 1 N–H and O–H groups in total. The van der Waals surface area contributed by atoms with E-state index in [1.807, 2.05) is 42.6 Å². The van der Waals surface area contributed by atoms with Gasteiger partial charge in [-0.05, 0) is 24.6 Å². The van der Waals surface area contributed by atoms with Crippen molar-refractivity contribution in [3.05, 3.63) is 65.1 Å². The van der Waals surface area contributed by atoms with Gasteiger partial charge in [-0.1, -0.05) is 24.3 Å². The average Bonchev–Trinajstić information content (AvgIpc) is 2.38. The molecular formula is C14H16N2O. The molecule has 0 saturated carbocycles. The molecular weight excluding hydrogens is 212 g/mol. The van der Waals surface area contributed by atoms with E-state index in [2.05, 4.69) is 5.32 Å². The lowest BCUT2D eigenvalue weighted by molar-refractivity contribution is 0.639. The summed E-state index contributed by atoms with van der Waals surface area (Å²) in [6.07, 6.45) is 2.75. The summed E-state index contributed by atoms with van der Waals surface area (Å²) in [7, 11) is 0. The molecule has 0 spiro atoms. The molecule has 0 radical (unpaired) electrons. The Bertz CT molecular complexity index is 505. The zero-order valence-electron chi connectivity index (χ0n) is 9.67. The van der Waals surface area contributed by atoms with Gasteiger partial charge in [-0.25, -0.2) is 0 Å². The summed E-state index contributed by atoms with van der Waals surface area (Å²) < 4.78 is 1.73. The second kappa shape index (κ2) is 5.89. The van der Waals surface area contributed by atoms with E-state index in [0.29, 0.717) is 0 Å². The summed E-state index contributed by atoms with van der Waals surface area (Å²) in [6, 6.07) is 15.3. The van der Waals surface area contributed by atoms with Gasteiger partial charge in [0.05, 0.1) is 0 Å². The smallest absolute Gasteiger partial charge is 0.250 e. The number of nitrogens with zero attached hydrogens (tertiary/aromatic N) is 1. The Hall–Kier alpha value is -2.03. The van der Waals surface area contributed by atoms with E-state index in [1.165, 1.54) is 0 Å². The van der Waals surface area contributed by atoms with Gasteiger partial charge < -0.3 is 9.88 Å². The fraction of sp³-hybridized carbons (Fsp3) is 0.214. The highest BCUT2D eigenvalue weighted by Gasteiger charge is 1.94. The molecule has 0 aliphatic heterocycles. The van der Waals surface area contributed by atoms with Crippen LogP contribution < -0.4 is 10.9 Å². The highest BCUT2D eigenvalue weighted by Crippen LogP contribution is 2.04. The van der Waals surface area contributed by atoms with Crippen LogP contribution in [0, 0.1) is 0 Å². The summed E-state index contributed by atoms with van der Waals surface area (Å²) in [4.78, 5) is 11.4. The predicted octanol–water partition coefficient (Wildman–Crippen LogP) is 2.35. The van der Waals surface area contributed by atoms with Crippen LogP contribution in [0.2, 0.25) is 0 Å². The number of nitrogens with one attached hydrogen (secondary N) is 1. The Morgan fingerprint density at radius 3 is 2.53 bits per heavy atom. The minimum Gasteiger partial charge on any atom is -0.385 e. The number of benzene rings is 1. The molecule has 17 heavy (non-hydrogen) atoms. The van der Waals surface area contributed by atoms with Gasteiger partial charge in [0.25, 0.3) is 0 Å². The minimum atomic E-state index is 0.0622. The molecule has 0 aliphatic carbocycles. The second-order valence-corrected chi connectivity index (χ2v) is 3.88. The molecule has 1 aromatic carbocycles. The van der Waals surface area contributed by atoms with Crippen LogP contribution in [0.15, 0.2) is 59.5 Å². The first kappa shape index (κ1) is 11.5. The van der Waals surface area contributed by atoms with E-state index >= 15 is 0 Å². The summed E-state index contributed by atoms with van der Waals surface area (Å²) in [5, 5.41) is 3.32. The van der Waals surface area contributed by atoms with Crippen LogP contribution in [-0.2, 0) is 6.54 Å². The predicted molar refractivity (Wildman–Crippen MR) is 70.3 cm³/mol. The van der Waals surface area contributed by atoms with Gasteiger partial charge in [-0.3, -0.25) is 4.79 Å². The summed E-state index contributed by atoms with van der Waals surface area (Å²) in [6.45, 7) is 1.62. The number of rotatable bonds is 5. The highest BCUT2D eigenvalue weighted by molar-refractivity contribution is 5.42. The molecule has 88 valence electrons. The third-order valence-electron chi connectivity index (χ3n) is 2.58. The standard InChI is InChI=1S/C14H16N2O/c17-14-9-4-5-11-16(14)12-6-10-15-13-7-2-1-3-8-13/h1-5,7-9,11,15H,6,10,12H2. The lowest BCUT2D eigenvalue weighted by atomic mass is 10.3. The molecule has 0 bridgehead atoms. The quantitative estimate of drug-likeness (QED) is 0.797. The van der Waals surface area contributed by atoms with Crippen LogP contribution >= 0.6 is 0 Å². The molecule has 2 aromatic rings. The largest absolute Gasteiger partial charge is 0.385 e. The lowest BCUT2D eigenvalue weighted by Gasteiger charge is -2.07. The Balaban J connectivity index is 1.78. The van der Waals surface area contributed by atoms with Gasteiger partial charge in [0, 0.05) is 31.0 Å². The maximum atomic E-state index is 11.4. The van der Waals surface area contributed by atoms with E-state index in [0.717, 1.165) is 25.2 Å². The second-order valence-electron chi connectivity index (χ2n) is 3.88. The van der Waals surface area contributed by atoms with Crippen molar-refractivity contribution in [2.45, 2.75) is 13.0 Å². The summed E-state index contributed by atoms with van der Waals surface area (Å²) in [5.74, 6) is 0. The van der Waals surface area contributed by atoms with Crippen molar-refractivity contribution >= 4 is 5.69 Å². The van der Waals surface area contributed by atoms with E-state index in [1.54, 1.807) is 16.7 Å². The van der Waals surface area contributed by atoms with Crippen molar-refractivity contribution in [3.8, 4) is 0 Å². The number of hydrogen-bond donors (Lipinski definition) is 1. The number of aryl methyl sites for hydroxylation is 1. The Labute approximate surface area is 101 Å². The normalized spacial score (nSPS) is 10.1. The van der Waals surface area contributed by atoms with Crippen molar-refractivity contribution in [1.29, 1.82) is 0 Å². The molecule has 0 fully saturated rings. The van der Waals surface area contributed by atoms with Crippen molar-refractivity contribution in [1.82, 2.24) is 4.57 Å². The van der Waals surface area contributed by atoms with E-state index in [4.69, 9.17) is 0 Å². The Morgan fingerprint density at radius 1 is 1.00 bits per heavy atom. The molecule has 1 aromatic heterocycles. The molecule has 0 saturated heterocycles. The molecule has 3 heteroatoms. The van der Waals surface area contributed by atoms with Crippen LogP contribution in [0.3, 0.4) is 0 Å². The fourth-order valence-corrected chi connectivity index (χ4v) is 1.68. The van der Waals surface area contributed by atoms with Crippen LogP contribution in [0.5, 0.6) is 0 Å². The number of pyridine rings is 1. The third-order valence-corrected chi connectivity index (χ3v) is 2.58. The number of aromatic nitrogens is 1. The van der Waals surface area contributed by atoms with Gasteiger partial charge in [-0.15, -0.1) is 0 Å². The fourth-order valence-electron chi connectivity index (χ4n) is 1.68. The zero-order chi connectivity index (χ0) is 11.9. The summed E-state index contributed by atoms with van der Waals surface area (Å²) in [5.41, 5.74) is 1.18. The first-order valence-corrected chi connectivity index (χ1v) is 5.81. The molecule has 1 heterocycles. The van der Waals surface area contributed by atoms with Crippen LogP contribution in [-0.4, -0.2) is 11.1 Å². The first-order valence-electron chi connectivity index (χ1n) is 5.81.